The van der Waals surface area contributed by atoms with E-state index in [0.717, 1.165) is 16.9 Å². The first kappa shape index (κ1) is 21.0. The van der Waals surface area contributed by atoms with E-state index in [1.165, 1.54) is 6.08 Å². The molecule has 1 N–H and O–H groups in total. The number of rotatable bonds is 7. The summed E-state index contributed by atoms with van der Waals surface area (Å²) in [7, 11) is 0. The Morgan fingerprint density at radius 2 is 1.82 bits per heavy atom. The molecule has 0 saturated carbocycles. The lowest BCUT2D eigenvalue weighted by Crippen LogP contribution is -2.16. The fourth-order valence-electron chi connectivity index (χ4n) is 2.74. The number of nitrogens with zero attached hydrogens (tertiary/aromatic N) is 1. The molecule has 2 rings (SSSR count). The smallest absolute Gasteiger partial charge is 0.346 e. The van der Waals surface area contributed by atoms with Crippen molar-refractivity contribution in [2.75, 3.05) is 13.2 Å². The zero-order chi connectivity index (χ0) is 20.7. The van der Waals surface area contributed by atoms with Gasteiger partial charge in [0.25, 0.3) is 0 Å². The number of nitriles is 1. The van der Waals surface area contributed by atoms with Crippen molar-refractivity contribution < 1.29 is 19.4 Å². The maximum Gasteiger partial charge on any atom is 0.346 e. The van der Waals surface area contributed by atoms with Gasteiger partial charge in [0.2, 0.25) is 0 Å². The molecule has 5 nitrogen and oxygen atoms in total. The van der Waals surface area contributed by atoms with Gasteiger partial charge in [0.1, 0.15) is 36.4 Å². The molecule has 0 aliphatic rings. The van der Waals surface area contributed by atoms with Gasteiger partial charge in [-0.1, -0.05) is 51.1 Å². The minimum absolute atomic E-state index is 0.0224. The average Bonchev–Trinajstić information content (AvgIpc) is 2.63. The van der Waals surface area contributed by atoms with Gasteiger partial charge in [0.05, 0.1) is 0 Å². The van der Waals surface area contributed by atoms with Gasteiger partial charge in [0.15, 0.2) is 0 Å². The summed E-state index contributed by atoms with van der Waals surface area (Å²) in [4.78, 5) is 11.0. The minimum Gasteiger partial charge on any atom is -0.490 e. The van der Waals surface area contributed by atoms with Crippen LogP contribution in [-0.4, -0.2) is 24.3 Å². The molecule has 0 atom stereocenters. The summed E-state index contributed by atoms with van der Waals surface area (Å²) >= 11 is 0. The van der Waals surface area contributed by atoms with Gasteiger partial charge in [-0.25, -0.2) is 4.79 Å². The number of carbonyl (C=O) groups is 1. The molecule has 2 aromatic carbocycles. The second-order valence-corrected chi connectivity index (χ2v) is 7.45. The van der Waals surface area contributed by atoms with Crippen molar-refractivity contribution in [1.29, 1.82) is 5.26 Å². The number of hydrogen-bond acceptors (Lipinski definition) is 4. The zero-order valence-electron chi connectivity index (χ0n) is 16.7. The highest BCUT2D eigenvalue weighted by atomic mass is 16.5. The third-order valence-electron chi connectivity index (χ3n) is 4.14. The summed E-state index contributed by atoms with van der Waals surface area (Å²) in [6, 6.07) is 14.7. The summed E-state index contributed by atoms with van der Waals surface area (Å²) in [5, 5.41) is 17.8. The highest BCUT2D eigenvalue weighted by Gasteiger charge is 2.20. The standard InChI is InChI=1S/C23H25NO4/c1-16-7-5-10-20(23(2,3)4)21(16)28-12-11-27-19-9-6-8-17(14-19)13-18(15-24)22(25)26/h5-10,13-14H,11-12H2,1-4H3,(H,25,26). The largest absolute Gasteiger partial charge is 0.490 e. The van der Waals surface area contributed by atoms with Crippen LogP contribution in [0.1, 0.15) is 37.5 Å². The number of carboxylic acid groups (broad SMARTS) is 1. The maximum absolute atomic E-state index is 11.0. The van der Waals surface area contributed by atoms with Crippen LogP contribution in [0.3, 0.4) is 0 Å². The first-order chi connectivity index (χ1) is 13.2. The first-order valence-corrected chi connectivity index (χ1v) is 9.03. The van der Waals surface area contributed by atoms with E-state index in [2.05, 4.69) is 26.8 Å². The molecule has 0 spiro atoms. The number of ether oxygens (including phenoxy) is 2. The molecule has 28 heavy (non-hydrogen) atoms. The quantitative estimate of drug-likeness (QED) is 0.427. The monoisotopic (exact) mass is 379 g/mol. The van der Waals surface area contributed by atoms with Crippen LogP contribution in [0.15, 0.2) is 48.0 Å². The Morgan fingerprint density at radius 3 is 2.46 bits per heavy atom. The lowest BCUT2D eigenvalue weighted by molar-refractivity contribution is -0.132. The SMILES string of the molecule is Cc1cccc(C(C)(C)C)c1OCCOc1cccc(C=C(C#N)C(=O)O)c1. The number of benzene rings is 2. The third kappa shape index (κ3) is 5.62. The van der Waals surface area contributed by atoms with Crippen LogP contribution in [0.4, 0.5) is 0 Å². The van der Waals surface area contributed by atoms with Crippen LogP contribution in [0.25, 0.3) is 6.08 Å². The van der Waals surface area contributed by atoms with Gasteiger partial charge >= 0.3 is 5.97 Å². The Labute approximate surface area is 165 Å². The van der Waals surface area contributed by atoms with Crippen LogP contribution in [0.2, 0.25) is 0 Å². The Balaban J connectivity index is 2.02. The van der Waals surface area contributed by atoms with Crippen LogP contribution in [0, 0.1) is 18.3 Å². The Bertz CT molecular complexity index is 917. The van der Waals surface area contributed by atoms with Crippen molar-refractivity contribution >= 4 is 12.0 Å². The molecular formula is C23H25NO4. The molecule has 0 bridgehead atoms. The summed E-state index contributed by atoms with van der Waals surface area (Å²) in [6.45, 7) is 9.20. The Morgan fingerprint density at radius 1 is 1.14 bits per heavy atom. The highest BCUT2D eigenvalue weighted by molar-refractivity contribution is 5.96. The van der Waals surface area contributed by atoms with Crippen LogP contribution < -0.4 is 9.47 Å². The fourth-order valence-corrected chi connectivity index (χ4v) is 2.74. The van der Waals surface area contributed by atoms with Crippen molar-refractivity contribution in [3.8, 4) is 17.6 Å². The van der Waals surface area contributed by atoms with E-state index in [9.17, 15) is 4.79 Å². The van der Waals surface area contributed by atoms with Crippen molar-refractivity contribution in [2.24, 2.45) is 0 Å². The molecular weight excluding hydrogens is 354 g/mol. The molecule has 0 aliphatic heterocycles. The van der Waals surface area contributed by atoms with Crippen LogP contribution in [-0.2, 0) is 10.2 Å². The van der Waals surface area contributed by atoms with Gasteiger partial charge in [-0.3, -0.25) is 0 Å². The Hall–Kier alpha value is -3.26. The molecule has 2 aromatic rings. The topological polar surface area (TPSA) is 79.5 Å². The lowest BCUT2D eigenvalue weighted by atomic mass is 9.85. The fraction of sp³-hybridized carbons (Fsp3) is 0.304. The van der Waals surface area contributed by atoms with Crippen LogP contribution >= 0.6 is 0 Å². The summed E-state index contributed by atoms with van der Waals surface area (Å²) in [6.07, 6.45) is 1.31. The highest BCUT2D eigenvalue weighted by Crippen LogP contribution is 2.33. The summed E-state index contributed by atoms with van der Waals surface area (Å²) < 4.78 is 11.7. The molecule has 0 aliphatic carbocycles. The summed E-state index contributed by atoms with van der Waals surface area (Å²) in [5.41, 5.74) is 2.47. The maximum atomic E-state index is 11.0. The zero-order valence-corrected chi connectivity index (χ0v) is 16.7. The number of aryl methyl sites for hydroxylation is 1. The van der Waals surface area contributed by atoms with Crippen molar-refractivity contribution in [3.63, 3.8) is 0 Å². The van der Waals surface area contributed by atoms with E-state index in [1.54, 1.807) is 30.3 Å². The Kier molecular flexibility index (Phi) is 6.84. The van der Waals surface area contributed by atoms with Gasteiger partial charge in [-0.2, -0.15) is 5.26 Å². The van der Waals surface area contributed by atoms with E-state index >= 15 is 0 Å². The van der Waals surface area contributed by atoms with E-state index in [-0.39, 0.29) is 11.0 Å². The third-order valence-corrected chi connectivity index (χ3v) is 4.14. The predicted molar refractivity (Wildman–Crippen MR) is 109 cm³/mol. The molecule has 0 aromatic heterocycles. The van der Waals surface area contributed by atoms with E-state index in [0.29, 0.717) is 24.5 Å². The van der Waals surface area contributed by atoms with Crippen molar-refractivity contribution in [3.05, 3.63) is 64.7 Å². The van der Waals surface area contributed by atoms with E-state index in [1.807, 2.05) is 19.1 Å². The first-order valence-electron chi connectivity index (χ1n) is 9.03. The molecule has 5 heteroatoms. The second kappa shape index (κ2) is 9.09. The number of para-hydroxylation sites is 1. The van der Waals surface area contributed by atoms with Gasteiger partial charge in [0, 0.05) is 0 Å². The van der Waals surface area contributed by atoms with Crippen LogP contribution in [0.5, 0.6) is 11.5 Å². The normalized spacial score (nSPS) is 11.6. The van der Waals surface area contributed by atoms with Gasteiger partial charge < -0.3 is 14.6 Å². The van der Waals surface area contributed by atoms with Gasteiger partial charge in [-0.15, -0.1) is 0 Å². The van der Waals surface area contributed by atoms with E-state index in [4.69, 9.17) is 19.8 Å². The lowest BCUT2D eigenvalue weighted by Gasteiger charge is -2.24. The van der Waals surface area contributed by atoms with E-state index < -0.39 is 5.97 Å². The van der Waals surface area contributed by atoms with Crippen molar-refractivity contribution in [2.45, 2.75) is 33.1 Å². The second-order valence-electron chi connectivity index (χ2n) is 7.45. The molecule has 0 heterocycles. The van der Waals surface area contributed by atoms with Gasteiger partial charge in [-0.05, 0) is 47.2 Å². The predicted octanol–water partition coefficient (Wildman–Crippen LogP) is 4.74. The number of carboxylic acids is 1. The number of aliphatic carboxylic acids is 1. The molecule has 0 saturated heterocycles. The molecule has 0 fully saturated rings. The molecule has 0 amide bonds. The summed E-state index contributed by atoms with van der Waals surface area (Å²) in [5.74, 6) is 0.214. The molecule has 0 radical (unpaired) electrons. The molecule has 0 unspecified atom stereocenters. The number of hydrogen-bond donors (Lipinski definition) is 1. The average molecular weight is 379 g/mol. The minimum atomic E-state index is -1.25. The van der Waals surface area contributed by atoms with Crippen molar-refractivity contribution in [1.82, 2.24) is 0 Å². The molecule has 146 valence electrons.